The van der Waals surface area contributed by atoms with Gasteiger partial charge in [0.1, 0.15) is 5.75 Å². The van der Waals surface area contributed by atoms with Crippen molar-refractivity contribution in [3.63, 3.8) is 0 Å². The monoisotopic (exact) mass is 449 g/mol. The average molecular weight is 450 g/mol. The molecule has 1 N–H and O–H groups in total. The molecule has 1 aliphatic carbocycles. The molecule has 1 saturated heterocycles. The Kier molecular flexibility index (Phi) is 6.13. The molecule has 2 aliphatic rings. The predicted octanol–water partition coefficient (Wildman–Crippen LogP) is 3.32. The summed E-state index contributed by atoms with van der Waals surface area (Å²) in [5.74, 6) is 1.02. The van der Waals surface area contributed by atoms with E-state index >= 15 is 0 Å². The second-order valence-corrected chi connectivity index (χ2v) is 11.1. The fourth-order valence-electron chi connectivity index (χ4n) is 4.06. The summed E-state index contributed by atoms with van der Waals surface area (Å²) < 4.78 is 32.3. The lowest BCUT2D eigenvalue weighted by atomic mass is 9.93. The molecule has 0 bridgehead atoms. The Bertz CT molecular complexity index is 1010. The van der Waals surface area contributed by atoms with Crippen LogP contribution in [0.1, 0.15) is 36.8 Å². The van der Waals surface area contributed by atoms with Crippen molar-refractivity contribution in [2.45, 2.75) is 43.9 Å². The molecule has 30 heavy (non-hydrogen) atoms. The molecule has 4 rings (SSSR count). The number of carbonyl (C=O) groups is 1. The van der Waals surface area contributed by atoms with Crippen LogP contribution in [-0.4, -0.2) is 43.8 Å². The minimum atomic E-state index is -3.57. The summed E-state index contributed by atoms with van der Waals surface area (Å²) in [6, 6.07) is 6.39. The van der Waals surface area contributed by atoms with Crippen LogP contribution in [0.3, 0.4) is 0 Å². The van der Waals surface area contributed by atoms with Gasteiger partial charge >= 0.3 is 0 Å². The van der Waals surface area contributed by atoms with Gasteiger partial charge in [-0.25, -0.2) is 13.4 Å². The van der Waals surface area contributed by atoms with Crippen molar-refractivity contribution in [2.24, 2.45) is 11.8 Å². The zero-order valence-electron chi connectivity index (χ0n) is 17.3. The van der Waals surface area contributed by atoms with E-state index in [1.807, 2.05) is 0 Å². The van der Waals surface area contributed by atoms with Gasteiger partial charge in [0.15, 0.2) is 5.13 Å². The van der Waals surface area contributed by atoms with E-state index in [4.69, 9.17) is 4.74 Å². The van der Waals surface area contributed by atoms with E-state index in [2.05, 4.69) is 17.2 Å². The number of nitrogens with zero attached hydrogens (tertiary/aromatic N) is 2. The zero-order valence-corrected chi connectivity index (χ0v) is 18.9. The number of nitrogens with one attached hydrogen (secondary N) is 1. The quantitative estimate of drug-likeness (QED) is 0.757. The van der Waals surface area contributed by atoms with Crippen molar-refractivity contribution in [3.8, 4) is 5.75 Å². The van der Waals surface area contributed by atoms with Crippen molar-refractivity contribution in [3.05, 3.63) is 34.8 Å². The summed E-state index contributed by atoms with van der Waals surface area (Å²) in [5, 5.41) is 3.64. The largest absolute Gasteiger partial charge is 0.497 e. The number of anilines is 1. The van der Waals surface area contributed by atoms with Crippen LogP contribution in [-0.2, 0) is 27.7 Å². The Labute approximate surface area is 181 Å². The van der Waals surface area contributed by atoms with Crippen LogP contribution in [0.4, 0.5) is 5.13 Å². The number of aromatic nitrogens is 1. The van der Waals surface area contributed by atoms with Crippen molar-refractivity contribution in [1.29, 1.82) is 0 Å². The van der Waals surface area contributed by atoms with Crippen molar-refractivity contribution >= 4 is 32.4 Å². The van der Waals surface area contributed by atoms with Crippen LogP contribution >= 0.6 is 11.3 Å². The average Bonchev–Trinajstić information content (AvgIpc) is 3.15. The van der Waals surface area contributed by atoms with Crippen LogP contribution in [0.5, 0.6) is 5.75 Å². The number of carbonyl (C=O) groups excluding carboxylic acids is 1. The molecule has 2 heterocycles. The minimum absolute atomic E-state index is 0.0596. The van der Waals surface area contributed by atoms with E-state index in [1.165, 1.54) is 9.18 Å². The molecule has 1 amide bonds. The van der Waals surface area contributed by atoms with Gasteiger partial charge in [-0.15, -0.1) is 11.3 Å². The Morgan fingerprint density at radius 3 is 2.57 bits per heavy atom. The summed E-state index contributed by atoms with van der Waals surface area (Å²) in [4.78, 5) is 18.8. The van der Waals surface area contributed by atoms with Crippen LogP contribution in [0.2, 0.25) is 0 Å². The Morgan fingerprint density at radius 2 is 1.90 bits per heavy atom. The van der Waals surface area contributed by atoms with Crippen LogP contribution in [0.25, 0.3) is 0 Å². The molecule has 1 aliphatic heterocycles. The maximum Gasteiger partial charge on any atom is 0.243 e. The first-order chi connectivity index (χ1) is 14.4. The van der Waals surface area contributed by atoms with E-state index in [9.17, 15) is 13.2 Å². The Hall–Kier alpha value is -1.97. The van der Waals surface area contributed by atoms with Crippen molar-refractivity contribution in [2.75, 3.05) is 25.5 Å². The first-order valence-electron chi connectivity index (χ1n) is 10.3. The predicted molar refractivity (Wildman–Crippen MR) is 116 cm³/mol. The van der Waals surface area contributed by atoms with Gasteiger partial charge in [-0.3, -0.25) is 4.79 Å². The van der Waals surface area contributed by atoms with Gasteiger partial charge in [-0.05, 0) is 62.3 Å². The van der Waals surface area contributed by atoms with Crippen LogP contribution in [0, 0.1) is 11.8 Å². The number of sulfonamides is 1. The number of hydrogen-bond acceptors (Lipinski definition) is 6. The Balaban J connectivity index is 1.35. The molecule has 1 aromatic carbocycles. The summed E-state index contributed by atoms with van der Waals surface area (Å²) in [7, 11) is -2.02. The number of thiazole rings is 1. The van der Waals surface area contributed by atoms with Gasteiger partial charge in [0.2, 0.25) is 15.9 Å². The molecule has 9 heteroatoms. The van der Waals surface area contributed by atoms with Gasteiger partial charge < -0.3 is 10.1 Å². The number of rotatable bonds is 5. The number of fused-ring (bicyclic) bond motifs is 1. The number of piperidine rings is 1. The van der Waals surface area contributed by atoms with Crippen molar-refractivity contribution in [1.82, 2.24) is 9.29 Å². The summed E-state index contributed by atoms with van der Waals surface area (Å²) >= 11 is 1.58. The Morgan fingerprint density at radius 1 is 1.20 bits per heavy atom. The molecule has 2 aromatic rings. The maximum absolute atomic E-state index is 12.9. The van der Waals surface area contributed by atoms with E-state index in [-0.39, 0.29) is 16.7 Å². The number of aryl methyl sites for hydroxylation is 1. The molecule has 1 aromatic heterocycles. The summed E-state index contributed by atoms with van der Waals surface area (Å²) in [6.45, 7) is 2.91. The summed E-state index contributed by atoms with van der Waals surface area (Å²) in [5.41, 5.74) is 1.12. The molecule has 0 unspecified atom stereocenters. The first-order valence-corrected chi connectivity index (χ1v) is 12.6. The number of amides is 1. The minimum Gasteiger partial charge on any atom is -0.497 e. The SMILES string of the molecule is COc1ccc(S(=O)(=O)N2CCC(C(=O)Nc3nc4c(s3)C[C@@H](C)CC4)CC2)cc1. The fraction of sp³-hybridized carbons (Fsp3) is 0.524. The highest BCUT2D eigenvalue weighted by molar-refractivity contribution is 7.89. The molecule has 7 nitrogen and oxygen atoms in total. The molecule has 0 radical (unpaired) electrons. The van der Waals surface area contributed by atoms with Crippen LogP contribution in [0.15, 0.2) is 29.2 Å². The third-order valence-corrected chi connectivity index (χ3v) is 8.89. The first kappa shape index (κ1) is 21.3. The molecule has 0 spiro atoms. The standard InChI is InChI=1S/C21H27N3O4S2/c1-14-3-8-18-19(13-14)29-21(22-18)23-20(25)15-9-11-24(12-10-15)30(26,27)17-6-4-16(28-2)5-7-17/h4-7,14-15H,3,8-13H2,1-2H3,(H,22,23,25)/t14-/m0/s1. The van der Waals surface area contributed by atoms with Gasteiger partial charge in [0.25, 0.3) is 0 Å². The normalized spacial score (nSPS) is 20.5. The number of ether oxygens (including phenoxy) is 1. The van der Waals surface area contributed by atoms with E-state index < -0.39 is 10.0 Å². The van der Waals surface area contributed by atoms with Crippen LogP contribution < -0.4 is 10.1 Å². The number of methoxy groups -OCH3 is 1. The lowest BCUT2D eigenvalue weighted by Gasteiger charge is -2.30. The van der Waals surface area contributed by atoms with Gasteiger partial charge in [-0.2, -0.15) is 4.31 Å². The fourth-order valence-corrected chi connectivity index (χ4v) is 6.70. The molecule has 1 atom stereocenters. The molecular weight excluding hydrogens is 422 g/mol. The molecular formula is C21H27N3O4S2. The highest BCUT2D eigenvalue weighted by Gasteiger charge is 2.32. The van der Waals surface area contributed by atoms with E-state index in [1.54, 1.807) is 42.7 Å². The smallest absolute Gasteiger partial charge is 0.243 e. The van der Waals surface area contributed by atoms with E-state index in [0.717, 1.165) is 25.0 Å². The maximum atomic E-state index is 12.9. The second kappa shape index (κ2) is 8.64. The number of hydrogen-bond donors (Lipinski definition) is 1. The highest BCUT2D eigenvalue weighted by atomic mass is 32.2. The van der Waals surface area contributed by atoms with Crippen molar-refractivity contribution < 1.29 is 17.9 Å². The summed E-state index contributed by atoms with van der Waals surface area (Å²) in [6.07, 6.45) is 4.16. The topological polar surface area (TPSA) is 88.6 Å². The third-order valence-electron chi connectivity index (χ3n) is 5.94. The third kappa shape index (κ3) is 4.38. The lowest BCUT2D eigenvalue weighted by Crippen LogP contribution is -2.41. The zero-order chi connectivity index (χ0) is 21.3. The molecule has 162 valence electrons. The molecule has 0 saturated carbocycles. The van der Waals surface area contributed by atoms with Gasteiger partial charge in [0.05, 0.1) is 17.7 Å². The molecule has 1 fully saturated rings. The van der Waals surface area contributed by atoms with E-state index in [0.29, 0.717) is 42.7 Å². The second-order valence-electron chi connectivity index (χ2n) is 8.08. The number of benzene rings is 1. The lowest BCUT2D eigenvalue weighted by molar-refractivity contribution is -0.120. The highest BCUT2D eigenvalue weighted by Crippen LogP contribution is 2.33. The van der Waals surface area contributed by atoms with Gasteiger partial charge in [0, 0.05) is 23.9 Å². The van der Waals surface area contributed by atoms with Gasteiger partial charge in [-0.1, -0.05) is 6.92 Å².